The first-order valence-electron chi connectivity index (χ1n) is 7.56. The molecular weight excluding hydrogens is 370 g/mol. The van der Waals surface area contributed by atoms with E-state index in [4.69, 9.17) is 5.11 Å². The number of carbonyl (C=O) groups is 1. The summed E-state index contributed by atoms with van der Waals surface area (Å²) in [5.41, 5.74) is -0.868. The summed E-state index contributed by atoms with van der Waals surface area (Å²) in [7, 11) is 0. The average molecular weight is 381 g/mol. The molecule has 1 aromatic heterocycles. The van der Waals surface area contributed by atoms with E-state index in [-0.39, 0.29) is 22.9 Å². The zero-order chi connectivity index (χ0) is 19.8. The molecule has 0 saturated heterocycles. The normalized spacial score (nSPS) is 11.6. The van der Waals surface area contributed by atoms with Crippen LogP contribution < -0.4 is 10.2 Å². The van der Waals surface area contributed by atoms with Crippen molar-refractivity contribution in [2.24, 2.45) is 0 Å². The SMILES string of the molecule is O=C(O)c1c[nH]c2c(F)cc(Cc3cccc(OC(F)(F)F)c3)cc2c1=O. The molecule has 1 heterocycles. The number of halogens is 4. The molecule has 9 heteroatoms. The molecule has 0 aliphatic carbocycles. The minimum absolute atomic E-state index is 0.0126. The van der Waals surface area contributed by atoms with Gasteiger partial charge >= 0.3 is 12.3 Å². The first kappa shape index (κ1) is 18.4. The molecule has 140 valence electrons. The van der Waals surface area contributed by atoms with Gasteiger partial charge in [0.15, 0.2) is 0 Å². The molecule has 5 nitrogen and oxygen atoms in total. The summed E-state index contributed by atoms with van der Waals surface area (Å²) in [6, 6.07) is 7.57. The van der Waals surface area contributed by atoms with Gasteiger partial charge in [-0.2, -0.15) is 0 Å². The van der Waals surface area contributed by atoms with Crippen LogP contribution in [0, 0.1) is 5.82 Å². The molecule has 0 aliphatic rings. The molecule has 3 aromatic rings. The van der Waals surface area contributed by atoms with E-state index < -0.39 is 34.9 Å². The minimum atomic E-state index is -4.84. The van der Waals surface area contributed by atoms with Gasteiger partial charge in [0.2, 0.25) is 5.43 Å². The highest BCUT2D eigenvalue weighted by Gasteiger charge is 2.31. The monoisotopic (exact) mass is 381 g/mol. The fourth-order valence-electron chi connectivity index (χ4n) is 2.69. The van der Waals surface area contributed by atoms with Gasteiger partial charge in [-0.3, -0.25) is 4.79 Å². The number of aromatic carboxylic acids is 1. The van der Waals surface area contributed by atoms with Crippen molar-refractivity contribution in [3.05, 3.63) is 75.3 Å². The van der Waals surface area contributed by atoms with E-state index in [1.165, 1.54) is 18.2 Å². The summed E-state index contributed by atoms with van der Waals surface area (Å²) < 4.78 is 55.1. The van der Waals surface area contributed by atoms with Gasteiger partial charge < -0.3 is 14.8 Å². The van der Waals surface area contributed by atoms with Gasteiger partial charge in [-0.25, -0.2) is 9.18 Å². The smallest absolute Gasteiger partial charge is 0.477 e. The van der Waals surface area contributed by atoms with Gasteiger partial charge in [0.25, 0.3) is 0 Å². The van der Waals surface area contributed by atoms with E-state index >= 15 is 0 Å². The summed E-state index contributed by atoms with van der Waals surface area (Å²) >= 11 is 0. The maximum absolute atomic E-state index is 14.3. The van der Waals surface area contributed by atoms with Gasteiger partial charge in [0.1, 0.15) is 17.1 Å². The highest BCUT2D eigenvalue weighted by molar-refractivity contribution is 5.92. The van der Waals surface area contributed by atoms with Crippen LogP contribution in [0.15, 0.2) is 47.4 Å². The number of carboxylic acids is 1. The van der Waals surface area contributed by atoms with E-state index in [1.807, 2.05) is 0 Å². The summed E-state index contributed by atoms with van der Waals surface area (Å²) in [4.78, 5) is 25.7. The molecule has 0 saturated carbocycles. The maximum Gasteiger partial charge on any atom is 0.573 e. The third kappa shape index (κ3) is 4.08. The summed E-state index contributed by atoms with van der Waals surface area (Å²) in [6.07, 6.45) is -3.92. The second-order valence-electron chi connectivity index (χ2n) is 5.71. The zero-order valence-electron chi connectivity index (χ0n) is 13.4. The predicted molar refractivity (Wildman–Crippen MR) is 87.4 cm³/mol. The Morgan fingerprint density at radius 1 is 1.15 bits per heavy atom. The van der Waals surface area contributed by atoms with Crippen LogP contribution in [-0.2, 0) is 6.42 Å². The van der Waals surface area contributed by atoms with Crippen LogP contribution in [0.3, 0.4) is 0 Å². The Labute approximate surface area is 148 Å². The fourth-order valence-corrected chi connectivity index (χ4v) is 2.69. The Morgan fingerprint density at radius 2 is 1.89 bits per heavy atom. The van der Waals surface area contributed by atoms with Crippen LogP contribution in [0.4, 0.5) is 17.6 Å². The Morgan fingerprint density at radius 3 is 2.56 bits per heavy atom. The van der Waals surface area contributed by atoms with E-state index in [9.17, 15) is 27.2 Å². The second-order valence-corrected chi connectivity index (χ2v) is 5.71. The molecule has 0 bridgehead atoms. The molecule has 0 spiro atoms. The van der Waals surface area contributed by atoms with Crippen LogP contribution in [0.1, 0.15) is 21.5 Å². The Balaban J connectivity index is 2.01. The molecule has 2 aromatic carbocycles. The first-order valence-corrected chi connectivity index (χ1v) is 7.56. The van der Waals surface area contributed by atoms with Gasteiger partial charge in [-0.05, 0) is 41.8 Å². The van der Waals surface area contributed by atoms with Crippen LogP contribution in [0.5, 0.6) is 5.75 Å². The number of hydrogen-bond acceptors (Lipinski definition) is 3. The quantitative estimate of drug-likeness (QED) is 0.673. The molecule has 3 rings (SSSR count). The van der Waals surface area contributed by atoms with E-state index in [0.717, 1.165) is 24.4 Å². The van der Waals surface area contributed by atoms with Crippen LogP contribution in [0.2, 0.25) is 0 Å². The molecule has 0 amide bonds. The van der Waals surface area contributed by atoms with Crippen molar-refractivity contribution in [1.29, 1.82) is 0 Å². The van der Waals surface area contributed by atoms with Gasteiger partial charge in [0, 0.05) is 11.6 Å². The number of fused-ring (bicyclic) bond motifs is 1. The van der Waals surface area contributed by atoms with Crippen molar-refractivity contribution in [2.75, 3.05) is 0 Å². The minimum Gasteiger partial charge on any atom is -0.477 e. The molecule has 0 radical (unpaired) electrons. The molecule has 0 unspecified atom stereocenters. The second kappa shape index (κ2) is 6.75. The van der Waals surface area contributed by atoms with Gasteiger partial charge in [0.05, 0.1) is 5.52 Å². The topological polar surface area (TPSA) is 79.4 Å². The number of carboxylic acid groups (broad SMARTS) is 1. The summed E-state index contributed by atoms with van der Waals surface area (Å²) in [6.45, 7) is 0. The lowest BCUT2D eigenvalue weighted by Crippen LogP contribution is -2.17. The van der Waals surface area contributed by atoms with E-state index in [2.05, 4.69) is 9.72 Å². The number of pyridine rings is 1. The Bertz CT molecular complexity index is 1090. The average Bonchev–Trinajstić information content (AvgIpc) is 2.54. The van der Waals surface area contributed by atoms with Crippen molar-refractivity contribution >= 4 is 16.9 Å². The molecule has 0 aliphatic heterocycles. The maximum atomic E-state index is 14.3. The number of benzene rings is 2. The first-order chi connectivity index (χ1) is 12.6. The number of aromatic nitrogens is 1. The largest absolute Gasteiger partial charge is 0.573 e. The van der Waals surface area contributed by atoms with Crippen LogP contribution in [0.25, 0.3) is 10.9 Å². The predicted octanol–water partition coefficient (Wildman–Crippen LogP) is 3.85. The third-order valence-corrected chi connectivity index (χ3v) is 3.77. The summed E-state index contributed by atoms with van der Waals surface area (Å²) in [5.74, 6) is -2.66. The van der Waals surface area contributed by atoms with Gasteiger partial charge in [-0.15, -0.1) is 13.2 Å². The van der Waals surface area contributed by atoms with E-state index in [1.54, 1.807) is 0 Å². The molecular formula is C18H11F4NO4. The number of rotatable bonds is 4. The van der Waals surface area contributed by atoms with Crippen molar-refractivity contribution < 1.29 is 32.2 Å². The standard InChI is InChI=1S/C18H11F4NO4/c19-14-7-10(4-9-2-1-3-11(5-9)27-18(20,21)22)6-12-15(14)23-8-13(16(12)24)17(25)26/h1-3,5-8H,4H2,(H,23,24)(H,25,26). The van der Waals surface area contributed by atoms with Crippen LogP contribution >= 0.6 is 0 Å². The zero-order valence-corrected chi connectivity index (χ0v) is 13.4. The van der Waals surface area contributed by atoms with E-state index in [0.29, 0.717) is 5.56 Å². The lowest BCUT2D eigenvalue weighted by Gasteiger charge is -2.10. The number of aromatic amines is 1. The van der Waals surface area contributed by atoms with Crippen molar-refractivity contribution in [2.45, 2.75) is 12.8 Å². The van der Waals surface area contributed by atoms with Gasteiger partial charge in [-0.1, -0.05) is 12.1 Å². The van der Waals surface area contributed by atoms with Crippen molar-refractivity contribution in [3.63, 3.8) is 0 Å². The lowest BCUT2D eigenvalue weighted by atomic mass is 10.0. The Kier molecular flexibility index (Phi) is 4.61. The van der Waals surface area contributed by atoms with Crippen LogP contribution in [-0.4, -0.2) is 22.4 Å². The van der Waals surface area contributed by atoms with Crippen molar-refractivity contribution in [1.82, 2.24) is 4.98 Å². The van der Waals surface area contributed by atoms with Crippen molar-refractivity contribution in [3.8, 4) is 5.75 Å². The number of nitrogens with one attached hydrogen (secondary N) is 1. The third-order valence-electron chi connectivity index (χ3n) is 3.77. The number of ether oxygens (including phenoxy) is 1. The molecule has 0 atom stereocenters. The lowest BCUT2D eigenvalue weighted by molar-refractivity contribution is -0.274. The summed E-state index contributed by atoms with van der Waals surface area (Å²) in [5, 5.41) is 8.84. The molecule has 2 N–H and O–H groups in total. The fraction of sp³-hybridized carbons (Fsp3) is 0.111. The number of alkyl halides is 3. The number of hydrogen-bond donors (Lipinski definition) is 2. The Hall–Kier alpha value is -3.36. The highest BCUT2D eigenvalue weighted by atomic mass is 19.4. The molecule has 0 fully saturated rings. The number of H-pyrrole nitrogens is 1. The highest BCUT2D eigenvalue weighted by Crippen LogP contribution is 2.25. The molecule has 27 heavy (non-hydrogen) atoms.